The first-order valence-corrected chi connectivity index (χ1v) is 6.75. The fraction of sp³-hybridized carbons (Fsp3) is 0.250. The van der Waals surface area contributed by atoms with E-state index in [2.05, 4.69) is 4.98 Å². The summed E-state index contributed by atoms with van der Waals surface area (Å²) in [6.45, 7) is 1.04. The van der Waals surface area contributed by atoms with E-state index in [0.717, 1.165) is 11.6 Å². The number of likely N-dealkylation sites (tertiary alicyclic amines) is 1. The van der Waals surface area contributed by atoms with Crippen LogP contribution in [-0.2, 0) is 11.3 Å². The molecule has 1 amide bonds. The van der Waals surface area contributed by atoms with E-state index in [0.29, 0.717) is 25.1 Å². The van der Waals surface area contributed by atoms with Crippen LogP contribution in [0, 0.1) is 11.6 Å². The van der Waals surface area contributed by atoms with Crippen LogP contribution in [0.25, 0.3) is 0 Å². The molecule has 2 aromatic rings. The Labute approximate surface area is 121 Å². The van der Waals surface area contributed by atoms with Gasteiger partial charge in [0.05, 0.1) is 0 Å². The van der Waals surface area contributed by atoms with Crippen molar-refractivity contribution in [2.75, 3.05) is 6.54 Å². The molecule has 3 rings (SSSR count). The second-order valence-electron chi connectivity index (χ2n) is 5.20. The molecule has 1 saturated heterocycles. The van der Waals surface area contributed by atoms with Gasteiger partial charge in [0.25, 0.3) is 0 Å². The predicted molar refractivity (Wildman–Crippen MR) is 73.4 cm³/mol. The summed E-state index contributed by atoms with van der Waals surface area (Å²) < 4.78 is 26.3. The molecule has 1 atom stereocenters. The van der Waals surface area contributed by atoms with Crippen molar-refractivity contribution in [3.8, 4) is 0 Å². The number of carbonyl (C=O) groups is 1. The van der Waals surface area contributed by atoms with E-state index >= 15 is 0 Å². The van der Waals surface area contributed by atoms with Crippen molar-refractivity contribution in [3.05, 3.63) is 65.5 Å². The molecule has 3 nitrogen and oxygen atoms in total. The van der Waals surface area contributed by atoms with E-state index in [9.17, 15) is 13.6 Å². The van der Waals surface area contributed by atoms with Gasteiger partial charge in [-0.1, -0.05) is 6.07 Å². The molecule has 0 aliphatic carbocycles. The zero-order valence-electron chi connectivity index (χ0n) is 11.3. The summed E-state index contributed by atoms with van der Waals surface area (Å²) in [5.41, 5.74) is 1.67. The van der Waals surface area contributed by atoms with Gasteiger partial charge in [-0.3, -0.25) is 9.78 Å². The maximum absolute atomic E-state index is 13.3. The van der Waals surface area contributed by atoms with Gasteiger partial charge < -0.3 is 4.90 Å². The molecule has 1 aliphatic rings. The molecule has 0 bridgehead atoms. The number of amides is 1. The average molecular weight is 288 g/mol. The third kappa shape index (κ3) is 2.91. The van der Waals surface area contributed by atoms with Crippen LogP contribution in [0.3, 0.4) is 0 Å². The minimum absolute atomic E-state index is 0.0292. The van der Waals surface area contributed by atoms with Crippen molar-refractivity contribution in [1.82, 2.24) is 9.88 Å². The molecular formula is C16H14F2N2O. The molecule has 0 saturated carbocycles. The zero-order chi connectivity index (χ0) is 14.8. The van der Waals surface area contributed by atoms with Crippen LogP contribution in [-0.4, -0.2) is 22.3 Å². The number of nitrogens with zero attached hydrogens (tertiary/aromatic N) is 2. The fourth-order valence-electron chi connectivity index (χ4n) is 2.62. The Kier molecular flexibility index (Phi) is 3.64. The van der Waals surface area contributed by atoms with E-state index in [-0.39, 0.29) is 11.8 Å². The fourth-order valence-corrected chi connectivity index (χ4v) is 2.62. The van der Waals surface area contributed by atoms with Gasteiger partial charge in [0.1, 0.15) is 0 Å². The molecule has 0 spiro atoms. The Morgan fingerprint density at radius 2 is 1.90 bits per heavy atom. The van der Waals surface area contributed by atoms with Gasteiger partial charge in [-0.25, -0.2) is 8.78 Å². The number of aromatic nitrogens is 1. The summed E-state index contributed by atoms with van der Waals surface area (Å²) in [5.74, 6) is -1.79. The summed E-state index contributed by atoms with van der Waals surface area (Å²) in [4.78, 5) is 17.7. The standard InChI is InChI=1S/C16H14F2N2O/c17-14-2-1-12(7-15(14)18)13-8-16(21)20(10-13)9-11-3-5-19-6-4-11/h1-7,13H,8-10H2. The first-order valence-electron chi connectivity index (χ1n) is 6.75. The van der Waals surface area contributed by atoms with Gasteiger partial charge in [0, 0.05) is 37.8 Å². The number of rotatable bonds is 3. The van der Waals surface area contributed by atoms with Crippen molar-refractivity contribution in [2.45, 2.75) is 18.9 Å². The second-order valence-corrected chi connectivity index (χ2v) is 5.20. The third-order valence-electron chi connectivity index (χ3n) is 3.75. The van der Waals surface area contributed by atoms with Crippen LogP contribution in [0.5, 0.6) is 0 Å². The van der Waals surface area contributed by atoms with Crippen LogP contribution < -0.4 is 0 Å². The van der Waals surface area contributed by atoms with Crippen molar-refractivity contribution in [2.24, 2.45) is 0 Å². The molecule has 1 aromatic heterocycles. The number of hydrogen-bond acceptors (Lipinski definition) is 2. The smallest absolute Gasteiger partial charge is 0.223 e. The van der Waals surface area contributed by atoms with E-state index in [4.69, 9.17) is 0 Å². The van der Waals surface area contributed by atoms with Crippen LogP contribution in [0.1, 0.15) is 23.5 Å². The monoisotopic (exact) mass is 288 g/mol. The molecular weight excluding hydrogens is 274 g/mol. The van der Waals surface area contributed by atoms with Crippen LogP contribution in [0.15, 0.2) is 42.7 Å². The lowest BCUT2D eigenvalue weighted by molar-refractivity contribution is -0.128. The van der Waals surface area contributed by atoms with Gasteiger partial charge in [-0.2, -0.15) is 0 Å². The minimum Gasteiger partial charge on any atom is -0.338 e. The van der Waals surface area contributed by atoms with Gasteiger partial charge in [0.2, 0.25) is 5.91 Å². The molecule has 1 aromatic carbocycles. The Morgan fingerprint density at radius 3 is 2.62 bits per heavy atom. The Bertz CT molecular complexity index is 661. The summed E-state index contributed by atoms with van der Waals surface area (Å²) in [5, 5.41) is 0. The van der Waals surface area contributed by atoms with E-state index in [1.807, 2.05) is 12.1 Å². The van der Waals surface area contributed by atoms with Crippen LogP contribution >= 0.6 is 0 Å². The number of hydrogen-bond donors (Lipinski definition) is 0. The van der Waals surface area contributed by atoms with Crippen LogP contribution in [0.4, 0.5) is 8.78 Å². The van der Waals surface area contributed by atoms with E-state index in [1.165, 1.54) is 6.07 Å². The summed E-state index contributed by atoms with van der Waals surface area (Å²) in [6.07, 6.45) is 3.70. The molecule has 2 heterocycles. The molecule has 0 N–H and O–H groups in total. The zero-order valence-corrected chi connectivity index (χ0v) is 11.3. The number of halogens is 2. The van der Waals surface area contributed by atoms with Crippen molar-refractivity contribution in [1.29, 1.82) is 0 Å². The highest BCUT2D eigenvalue weighted by Gasteiger charge is 2.30. The third-order valence-corrected chi connectivity index (χ3v) is 3.75. The summed E-state index contributed by atoms with van der Waals surface area (Å²) in [6, 6.07) is 7.56. The average Bonchev–Trinajstić information content (AvgIpc) is 2.84. The minimum atomic E-state index is -0.868. The number of pyridine rings is 1. The normalized spacial score (nSPS) is 18.3. The maximum Gasteiger partial charge on any atom is 0.223 e. The summed E-state index contributed by atoms with van der Waals surface area (Å²) >= 11 is 0. The van der Waals surface area contributed by atoms with E-state index < -0.39 is 11.6 Å². The SMILES string of the molecule is O=C1CC(c2ccc(F)c(F)c2)CN1Cc1ccncc1. The molecule has 108 valence electrons. The number of carbonyl (C=O) groups excluding carboxylic acids is 1. The maximum atomic E-state index is 13.3. The van der Waals surface area contributed by atoms with Gasteiger partial charge in [-0.15, -0.1) is 0 Å². The molecule has 5 heteroatoms. The Hall–Kier alpha value is -2.30. The largest absolute Gasteiger partial charge is 0.338 e. The van der Waals surface area contributed by atoms with Gasteiger partial charge >= 0.3 is 0 Å². The van der Waals surface area contributed by atoms with Crippen molar-refractivity contribution < 1.29 is 13.6 Å². The highest BCUT2D eigenvalue weighted by Crippen LogP contribution is 2.29. The second kappa shape index (κ2) is 5.60. The molecule has 1 aliphatic heterocycles. The molecule has 1 unspecified atom stereocenters. The summed E-state index contributed by atoms with van der Waals surface area (Å²) in [7, 11) is 0. The first-order chi connectivity index (χ1) is 10.1. The van der Waals surface area contributed by atoms with Gasteiger partial charge in [0.15, 0.2) is 11.6 Å². The van der Waals surface area contributed by atoms with E-state index in [1.54, 1.807) is 23.4 Å². The lowest BCUT2D eigenvalue weighted by Crippen LogP contribution is -2.24. The lowest BCUT2D eigenvalue weighted by atomic mass is 9.98. The highest BCUT2D eigenvalue weighted by molar-refractivity contribution is 5.79. The van der Waals surface area contributed by atoms with Crippen molar-refractivity contribution >= 4 is 5.91 Å². The highest BCUT2D eigenvalue weighted by atomic mass is 19.2. The first kappa shape index (κ1) is 13.7. The molecule has 1 fully saturated rings. The lowest BCUT2D eigenvalue weighted by Gasteiger charge is -2.16. The Morgan fingerprint density at radius 1 is 1.14 bits per heavy atom. The van der Waals surface area contributed by atoms with Crippen LogP contribution in [0.2, 0.25) is 0 Å². The topological polar surface area (TPSA) is 33.2 Å². The quantitative estimate of drug-likeness (QED) is 0.870. The number of benzene rings is 1. The van der Waals surface area contributed by atoms with Crippen molar-refractivity contribution in [3.63, 3.8) is 0 Å². The van der Waals surface area contributed by atoms with Gasteiger partial charge in [-0.05, 0) is 35.4 Å². The predicted octanol–water partition coefficient (Wildman–Crippen LogP) is 2.88. The molecule has 0 radical (unpaired) electrons. The Balaban J connectivity index is 1.73. The molecule has 21 heavy (non-hydrogen) atoms.